The Morgan fingerprint density at radius 3 is 2.83 bits per heavy atom. The largest absolute Gasteiger partial charge is 0.408 e. The summed E-state index contributed by atoms with van der Waals surface area (Å²) in [6, 6.07) is 0.267. The van der Waals surface area contributed by atoms with Crippen LogP contribution in [0.15, 0.2) is 18.7 Å². The maximum absolute atomic E-state index is 10.6. The molecule has 0 saturated heterocycles. The first kappa shape index (κ1) is 12.6. The fraction of sp³-hybridized carbons (Fsp3) is 0.400. The molecule has 96 valence electrons. The molecule has 2 aromatic rings. The van der Waals surface area contributed by atoms with Crippen LogP contribution in [-0.2, 0) is 6.54 Å². The molecular formula is C10H12ClN5O2. The molecule has 2 aromatic heterocycles. The van der Waals surface area contributed by atoms with E-state index in [0.29, 0.717) is 6.54 Å². The Bertz CT molecular complexity index is 575. The van der Waals surface area contributed by atoms with Crippen LogP contribution in [-0.4, -0.2) is 24.3 Å². The molecule has 0 N–H and O–H groups in total. The second-order valence-corrected chi connectivity index (χ2v) is 4.55. The molecule has 8 heteroatoms. The molecule has 0 saturated carbocycles. The highest BCUT2D eigenvalue weighted by Crippen LogP contribution is 2.22. The molecule has 2 rings (SSSR count). The van der Waals surface area contributed by atoms with Crippen molar-refractivity contribution in [3.8, 4) is 0 Å². The average Bonchev–Trinajstić information content (AvgIpc) is 2.85. The lowest BCUT2D eigenvalue weighted by atomic mass is 10.3. The summed E-state index contributed by atoms with van der Waals surface area (Å²) in [5.41, 5.74) is 0.916. The third-order valence-electron chi connectivity index (χ3n) is 2.50. The van der Waals surface area contributed by atoms with Gasteiger partial charge in [-0.2, -0.15) is 4.68 Å². The standard InChI is InChI=1S/C10H12ClN5O2/c1-7(2)15-6-12-3-8(15)4-14-5-9(11)10(13-14)16(17)18/h3,5-7H,4H2,1-2H3. The zero-order valence-corrected chi connectivity index (χ0v) is 10.7. The van der Waals surface area contributed by atoms with Crippen molar-refractivity contribution in [1.29, 1.82) is 0 Å². The molecule has 0 aromatic carbocycles. The normalized spacial score (nSPS) is 11.1. The Labute approximate surface area is 108 Å². The summed E-state index contributed by atoms with van der Waals surface area (Å²) >= 11 is 5.74. The van der Waals surface area contributed by atoms with Crippen LogP contribution >= 0.6 is 11.6 Å². The van der Waals surface area contributed by atoms with Crippen molar-refractivity contribution < 1.29 is 4.92 Å². The summed E-state index contributed by atoms with van der Waals surface area (Å²) in [6.07, 6.45) is 4.87. The van der Waals surface area contributed by atoms with Gasteiger partial charge in [0.1, 0.15) is 6.54 Å². The van der Waals surface area contributed by atoms with Crippen molar-refractivity contribution in [2.24, 2.45) is 0 Å². The molecule has 0 aliphatic carbocycles. The van der Waals surface area contributed by atoms with Crippen LogP contribution in [0, 0.1) is 10.1 Å². The first-order chi connectivity index (χ1) is 8.49. The van der Waals surface area contributed by atoms with E-state index >= 15 is 0 Å². The number of hydrogen-bond acceptors (Lipinski definition) is 4. The number of aromatic nitrogens is 4. The minimum absolute atomic E-state index is 0.0376. The molecule has 0 atom stereocenters. The Morgan fingerprint density at radius 1 is 1.56 bits per heavy atom. The summed E-state index contributed by atoms with van der Waals surface area (Å²) in [7, 11) is 0. The van der Waals surface area contributed by atoms with E-state index in [4.69, 9.17) is 11.6 Å². The van der Waals surface area contributed by atoms with Crippen LogP contribution in [0.4, 0.5) is 5.82 Å². The van der Waals surface area contributed by atoms with Crippen LogP contribution in [0.1, 0.15) is 25.6 Å². The van der Waals surface area contributed by atoms with Gasteiger partial charge in [-0.05, 0) is 18.8 Å². The topological polar surface area (TPSA) is 78.8 Å². The molecule has 0 amide bonds. The van der Waals surface area contributed by atoms with E-state index < -0.39 is 4.92 Å². The van der Waals surface area contributed by atoms with Gasteiger partial charge in [-0.3, -0.25) is 0 Å². The van der Waals surface area contributed by atoms with Crippen molar-refractivity contribution in [3.05, 3.63) is 39.6 Å². The maximum Gasteiger partial charge on any atom is 0.408 e. The Morgan fingerprint density at radius 2 is 2.28 bits per heavy atom. The molecule has 0 aliphatic rings. The number of nitro groups is 1. The van der Waals surface area contributed by atoms with Crippen LogP contribution in [0.2, 0.25) is 5.02 Å². The minimum Gasteiger partial charge on any atom is -0.358 e. The Kier molecular flexibility index (Phi) is 3.33. The van der Waals surface area contributed by atoms with Crippen molar-refractivity contribution in [1.82, 2.24) is 19.3 Å². The van der Waals surface area contributed by atoms with Crippen LogP contribution in [0.3, 0.4) is 0 Å². The van der Waals surface area contributed by atoms with Gasteiger partial charge < -0.3 is 14.7 Å². The Balaban J connectivity index is 2.26. The van der Waals surface area contributed by atoms with Crippen molar-refractivity contribution in [2.75, 3.05) is 0 Å². The molecule has 0 fully saturated rings. The second-order valence-electron chi connectivity index (χ2n) is 4.14. The van der Waals surface area contributed by atoms with E-state index in [-0.39, 0.29) is 16.9 Å². The number of nitrogens with zero attached hydrogens (tertiary/aromatic N) is 5. The van der Waals surface area contributed by atoms with Gasteiger partial charge in [0.15, 0.2) is 5.02 Å². The maximum atomic E-state index is 10.6. The molecular weight excluding hydrogens is 258 g/mol. The Hall–Kier alpha value is -1.89. The fourth-order valence-corrected chi connectivity index (χ4v) is 1.90. The van der Waals surface area contributed by atoms with Gasteiger partial charge in [-0.15, -0.1) is 0 Å². The van der Waals surface area contributed by atoms with E-state index in [2.05, 4.69) is 10.1 Å². The van der Waals surface area contributed by atoms with Gasteiger partial charge in [0, 0.05) is 6.04 Å². The molecule has 0 bridgehead atoms. The minimum atomic E-state index is -0.599. The van der Waals surface area contributed by atoms with Crippen molar-refractivity contribution in [2.45, 2.75) is 26.4 Å². The molecule has 0 unspecified atom stereocenters. The predicted octanol–water partition coefficient (Wildman–Crippen LogP) is 2.27. The van der Waals surface area contributed by atoms with Crippen molar-refractivity contribution in [3.63, 3.8) is 0 Å². The molecule has 7 nitrogen and oxygen atoms in total. The molecule has 2 heterocycles. The van der Waals surface area contributed by atoms with Crippen LogP contribution in [0.25, 0.3) is 0 Å². The van der Waals surface area contributed by atoms with Gasteiger partial charge in [-0.25, -0.2) is 4.98 Å². The van der Waals surface area contributed by atoms with Gasteiger partial charge in [0.05, 0.1) is 29.5 Å². The highest BCUT2D eigenvalue weighted by Gasteiger charge is 2.19. The van der Waals surface area contributed by atoms with E-state index in [1.807, 2.05) is 18.4 Å². The fourth-order valence-electron chi connectivity index (χ4n) is 1.68. The number of hydrogen-bond donors (Lipinski definition) is 0. The van der Waals surface area contributed by atoms with Gasteiger partial charge >= 0.3 is 5.82 Å². The summed E-state index contributed by atoms with van der Waals surface area (Å²) in [5, 5.41) is 14.5. The monoisotopic (exact) mass is 269 g/mol. The molecule has 18 heavy (non-hydrogen) atoms. The van der Waals surface area contributed by atoms with Crippen LogP contribution in [0.5, 0.6) is 0 Å². The first-order valence-corrected chi connectivity index (χ1v) is 5.75. The third kappa shape index (κ3) is 2.35. The molecule has 0 radical (unpaired) electrons. The van der Waals surface area contributed by atoms with E-state index in [1.54, 1.807) is 12.5 Å². The zero-order valence-electron chi connectivity index (χ0n) is 9.95. The highest BCUT2D eigenvalue weighted by atomic mass is 35.5. The summed E-state index contributed by atoms with van der Waals surface area (Å²) in [6.45, 7) is 4.46. The second kappa shape index (κ2) is 4.77. The first-order valence-electron chi connectivity index (χ1n) is 5.37. The predicted molar refractivity (Wildman–Crippen MR) is 65.6 cm³/mol. The number of rotatable bonds is 4. The number of imidazole rings is 1. The van der Waals surface area contributed by atoms with Gasteiger partial charge in [-0.1, -0.05) is 11.6 Å². The average molecular weight is 270 g/mol. The van der Waals surface area contributed by atoms with E-state index in [9.17, 15) is 10.1 Å². The van der Waals surface area contributed by atoms with Gasteiger partial charge in [0.25, 0.3) is 0 Å². The highest BCUT2D eigenvalue weighted by molar-refractivity contribution is 6.32. The lowest BCUT2D eigenvalue weighted by molar-refractivity contribution is -0.389. The summed E-state index contributed by atoms with van der Waals surface area (Å²) in [4.78, 5) is 14.1. The van der Waals surface area contributed by atoms with Gasteiger partial charge in [0.2, 0.25) is 0 Å². The third-order valence-corrected chi connectivity index (χ3v) is 2.77. The summed E-state index contributed by atoms with van der Waals surface area (Å²) in [5.74, 6) is -0.327. The van der Waals surface area contributed by atoms with E-state index in [1.165, 1.54) is 10.9 Å². The molecule has 0 spiro atoms. The lowest BCUT2D eigenvalue weighted by Gasteiger charge is -2.10. The summed E-state index contributed by atoms with van der Waals surface area (Å²) < 4.78 is 3.41. The smallest absolute Gasteiger partial charge is 0.358 e. The molecule has 0 aliphatic heterocycles. The van der Waals surface area contributed by atoms with Crippen molar-refractivity contribution >= 4 is 17.4 Å². The quantitative estimate of drug-likeness (QED) is 0.630. The van der Waals surface area contributed by atoms with E-state index in [0.717, 1.165) is 5.69 Å². The number of halogens is 1. The lowest BCUT2D eigenvalue weighted by Crippen LogP contribution is -2.09. The van der Waals surface area contributed by atoms with Crippen LogP contribution < -0.4 is 0 Å². The zero-order chi connectivity index (χ0) is 13.3. The SMILES string of the molecule is CC(C)n1cncc1Cn1cc(Cl)c([N+](=O)[O-])n1.